The van der Waals surface area contributed by atoms with Crippen molar-refractivity contribution in [3.8, 4) is 23.0 Å². The van der Waals surface area contributed by atoms with Crippen LogP contribution in [0.3, 0.4) is 0 Å². The van der Waals surface area contributed by atoms with Crippen LogP contribution in [0.2, 0.25) is 0 Å². The first kappa shape index (κ1) is 18.8. The summed E-state index contributed by atoms with van der Waals surface area (Å²) in [4.78, 5) is 16.0. The molecule has 0 saturated carbocycles. The molecule has 0 saturated heterocycles. The summed E-state index contributed by atoms with van der Waals surface area (Å²) in [5, 5.41) is 12.4. The second-order valence-electron chi connectivity index (χ2n) is 5.57. The number of aromatic nitrogens is 1. The molecule has 1 heterocycles. The molecule has 0 unspecified atom stereocenters. The lowest BCUT2D eigenvalue weighted by atomic mass is 10.2. The summed E-state index contributed by atoms with van der Waals surface area (Å²) in [6.45, 7) is 1.83. The number of methoxy groups -OCH3 is 1. The largest absolute Gasteiger partial charge is 0.504 e. The molecule has 0 spiro atoms. The maximum Gasteiger partial charge on any atom is 0.226 e. The number of carbonyl (C=O) groups is 1. The van der Waals surface area contributed by atoms with Crippen LogP contribution in [-0.2, 0) is 21.2 Å². The smallest absolute Gasteiger partial charge is 0.226 e. The van der Waals surface area contributed by atoms with E-state index in [1.807, 2.05) is 0 Å². The normalized spacial score (nSPS) is 11.3. The van der Waals surface area contributed by atoms with E-state index >= 15 is 0 Å². The zero-order valence-electron chi connectivity index (χ0n) is 14.2. The molecule has 0 aliphatic carbocycles. The van der Waals surface area contributed by atoms with E-state index in [-0.39, 0.29) is 30.4 Å². The van der Waals surface area contributed by atoms with E-state index in [1.54, 1.807) is 19.1 Å². The Bertz CT molecular complexity index is 873. The Morgan fingerprint density at radius 3 is 2.72 bits per heavy atom. The van der Waals surface area contributed by atoms with Gasteiger partial charge >= 0.3 is 0 Å². The van der Waals surface area contributed by atoms with Crippen molar-refractivity contribution in [2.75, 3.05) is 19.1 Å². The lowest BCUT2D eigenvalue weighted by molar-refractivity contribution is -0.120. The van der Waals surface area contributed by atoms with Crippen LogP contribution in [0.4, 0.5) is 0 Å². The van der Waals surface area contributed by atoms with Gasteiger partial charge in [0.25, 0.3) is 0 Å². The van der Waals surface area contributed by atoms with E-state index in [1.165, 1.54) is 13.2 Å². The Hall–Kier alpha value is -2.55. The highest BCUT2D eigenvalue weighted by Crippen LogP contribution is 2.31. The van der Waals surface area contributed by atoms with Crippen LogP contribution in [0.5, 0.6) is 11.5 Å². The molecule has 1 aromatic heterocycles. The van der Waals surface area contributed by atoms with Gasteiger partial charge in [0.15, 0.2) is 11.5 Å². The van der Waals surface area contributed by atoms with E-state index in [0.29, 0.717) is 28.7 Å². The number of carbonyl (C=O) groups excluding carboxylic acids is 1. The van der Waals surface area contributed by atoms with E-state index < -0.39 is 9.84 Å². The van der Waals surface area contributed by atoms with Gasteiger partial charge in [-0.25, -0.2) is 13.4 Å². The quantitative estimate of drug-likeness (QED) is 0.758. The van der Waals surface area contributed by atoms with Gasteiger partial charge in [0.05, 0.1) is 19.4 Å². The van der Waals surface area contributed by atoms with Crippen LogP contribution >= 0.6 is 0 Å². The Kier molecular flexibility index (Phi) is 5.68. The van der Waals surface area contributed by atoms with Gasteiger partial charge in [-0.15, -0.1) is 0 Å². The van der Waals surface area contributed by atoms with Gasteiger partial charge in [-0.2, -0.15) is 0 Å². The van der Waals surface area contributed by atoms with E-state index in [0.717, 1.165) is 6.26 Å². The predicted octanol–water partition coefficient (Wildman–Crippen LogP) is 1.42. The van der Waals surface area contributed by atoms with Crippen molar-refractivity contribution < 1.29 is 27.5 Å². The highest BCUT2D eigenvalue weighted by atomic mass is 32.2. The zero-order chi connectivity index (χ0) is 18.6. The summed E-state index contributed by atoms with van der Waals surface area (Å²) in [5.41, 5.74) is 1.09. The number of oxazole rings is 1. The number of rotatable bonds is 7. The molecule has 136 valence electrons. The molecule has 0 atom stereocenters. The average molecular weight is 368 g/mol. The maximum atomic E-state index is 11.7. The first-order valence-electron chi connectivity index (χ1n) is 7.47. The first-order chi connectivity index (χ1) is 11.7. The number of aryl methyl sites for hydroxylation is 1. The molecule has 1 amide bonds. The highest BCUT2D eigenvalue weighted by molar-refractivity contribution is 7.90. The molecule has 9 heteroatoms. The van der Waals surface area contributed by atoms with Crippen LogP contribution in [0.25, 0.3) is 11.5 Å². The second-order valence-corrected chi connectivity index (χ2v) is 7.82. The number of nitrogens with one attached hydrogen (secondary N) is 1. The number of hydrogen-bond donors (Lipinski definition) is 2. The Balaban J connectivity index is 2.05. The zero-order valence-corrected chi connectivity index (χ0v) is 15.0. The maximum absolute atomic E-state index is 11.7. The fourth-order valence-electron chi connectivity index (χ4n) is 2.09. The number of hydrogen-bond acceptors (Lipinski definition) is 7. The molecule has 0 fully saturated rings. The number of amides is 1. The predicted molar refractivity (Wildman–Crippen MR) is 91.1 cm³/mol. The first-order valence-corrected chi connectivity index (χ1v) is 9.54. The number of phenols is 1. The number of aromatic hydroxyl groups is 1. The fourth-order valence-corrected chi connectivity index (χ4v) is 2.64. The number of nitrogens with zero attached hydrogens (tertiary/aromatic N) is 1. The Morgan fingerprint density at radius 1 is 1.40 bits per heavy atom. The van der Waals surface area contributed by atoms with Gasteiger partial charge in [0.1, 0.15) is 21.3 Å². The highest BCUT2D eigenvalue weighted by Gasteiger charge is 2.15. The topological polar surface area (TPSA) is 119 Å². The standard InChI is InChI=1S/C16H20N2O6S/c1-10-12(9-17-15(20)6-7-25(3,21)22)18-16(24-10)11-4-5-14(23-2)13(19)8-11/h4-5,8,19H,6-7,9H2,1-3H3,(H,17,20). The number of sulfone groups is 1. The van der Waals surface area contributed by atoms with Gasteiger partial charge < -0.3 is 19.6 Å². The van der Waals surface area contributed by atoms with Gasteiger partial charge in [0, 0.05) is 18.2 Å². The lowest BCUT2D eigenvalue weighted by Gasteiger charge is -2.03. The van der Waals surface area contributed by atoms with E-state index in [9.17, 15) is 18.3 Å². The van der Waals surface area contributed by atoms with Crippen molar-refractivity contribution in [3.05, 3.63) is 29.7 Å². The Labute approximate surface area is 145 Å². The molecule has 2 aromatic rings. The van der Waals surface area contributed by atoms with Gasteiger partial charge in [-0.05, 0) is 25.1 Å². The number of ether oxygens (including phenoxy) is 1. The molecule has 2 N–H and O–H groups in total. The molecule has 0 bridgehead atoms. The minimum absolute atomic E-state index is 0.0357. The van der Waals surface area contributed by atoms with Crippen LogP contribution in [-0.4, -0.2) is 43.5 Å². The molecule has 8 nitrogen and oxygen atoms in total. The van der Waals surface area contributed by atoms with Crippen LogP contribution < -0.4 is 10.1 Å². The van der Waals surface area contributed by atoms with Crippen LogP contribution in [0, 0.1) is 6.92 Å². The van der Waals surface area contributed by atoms with E-state index in [4.69, 9.17) is 9.15 Å². The van der Waals surface area contributed by atoms with Crippen LogP contribution in [0.1, 0.15) is 17.9 Å². The van der Waals surface area contributed by atoms with Crippen molar-refractivity contribution >= 4 is 15.7 Å². The molecule has 2 rings (SSSR count). The van der Waals surface area contributed by atoms with Crippen molar-refractivity contribution in [1.82, 2.24) is 10.3 Å². The molecular formula is C16H20N2O6S. The van der Waals surface area contributed by atoms with Gasteiger partial charge in [-0.1, -0.05) is 0 Å². The molecule has 0 radical (unpaired) electrons. The summed E-state index contributed by atoms with van der Waals surface area (Å²) in [6, 6.07) is 4.76. The molecular weight excluding hydrogens is 348 g/mol. The summed E-state index contributed by atoms with van der Waals surface area (Å²) < 4.78 is 32.7. The third kappa shape index (κ3) is 5.21. The van der Waals surface area contributed by atoms with Gasteiger partial charge in [0.2, 0.25) is 11.8 Å². The lowest BCUT2D eigenvalue weighted by Crippen LogP contribution is -2.25. The van der Waals surface area contributed by atoms with Crippen molar-refractivity contribution in [3.63, 3.8) is 0 Å². The molecule has 25 heavy (non-hydrogen) atoms. The van der Waals surface area contributed by atoms with Crippen molar-refractivity contribution in [2.45, 2.75) is 19.9 Å². The third-order valence-electron chi connectivity index (χ3n) is 3.47. The Morgan fingerprint density at radius 2 is 2.12 bits per heavy atom. The number of phenolic OH excluding ortho intramolecular Hbond substituents is 1. The third-order valence-corrected chi connectivity index (χ3v) is 4.42. The fraction of sp³-hybridized carbons (Fsp3) is 0.375. The monoisotopic (exact) mass is 368 g/mol. The summed E-state index contributed by atoms with van der Waals surface area (Å²) in [7, 11) is -1.73. The minimum atomic E-state index is -3.18. The molecule has 1 aromatic carbocycles. The summed E-state index contributed by atoms with van der Waals surface area (Å²) in [6.07, 6.45) is 0.980. The van der Waals surface area contributed by atoms with Gasteiger partial charge in [-0.3, -0.25) is 4.79 Å². The molecule has 0 aliphatic heterocycles. The average Bonchev–Trinajstić information content (AvgIpc) is 2.91. The van der Waals surface area contributed by atoms with Crippen molar-refractivity contribution in [1.29, 1.82) is 0 Å². The van der Waals surface area contributed by atoms with E-state index in [2.05, 4.69) is 10.3 Å². The summed E-state index contributed by atoms with van der Waals surface area (Å²) in [5.74, 6) is 0.547. The number of benzene rings is 1. The minimum Gasteiger partial charge on any atom is -0.504 e. The van der Waals surface area contributed by atoms with Crippen LogP contribution in [0.15, 0.2) is 22.6 Å². The summed E-state index contributed by atoms with van der Waals surface area (Å²) >= 11 is 0. The second kappa shape index (κ2) is 7.56. The SMILES string of the molecule is COc1ccc(-c2nc(CNC(=O)CCS(C)(=O)=O)c(C)o2)cc1O. The van der Waals surface area contributed by atoms with Crippen molar-refractivity contribution in [2.24, 2.45) is 0 Å². The molecule has 0 aliphatic rings.